The Bertz CT molecular complexity index is 358. The minimum Gasteiger partial charge on any atom is -0.387 e. The molecule has 1 atom stereocenters. The van der Waals surface area contributed by atoms with Crippen LogP contribution in [0, 0.1) is 16.7 Å². The minimum atomic E-state index is -0.454. The van der Waals surface area contributed by atoms with Crippen LogP contribution in [0.2, 0.25) is 0 Å². The van der Waals surface area contributed by atoms with Gasteiger partial charge in [-0.1, -0.05) is 0 Å². The second-order valence-electron chi connectivity index (χ2n) is 4.55. The maximum Gasteiger partial charge on any atom is 0.0911 e. The van der Waals surface area contributed by atoms with Gasteiger partial charge in [-0.25, -0.2) is 0 Å². The lowest BCUT2D eigenvalue weighted by Gasteiger charge is -2.17. The molecule has 0 saturated carbocycles. The zero-order valence-corrected chi connectivity index (χ0v) is 9.57. The van der Waals surface area contributed by atoms with E-state index in [2.05, 4.69) is 6.07 Å². The maximum absolute atomic E-state index is 9.49. The third-order valence-electron chi connectivity index (χ3n) is 2.57. The fourth-order valence-electron chi connectivity index (χ4n) is 1.47. The van der Waals surface area contributed by atoms with Gasteiger partial charge in [0.05, 0.1) is 17.6 Å². The van der Waals surface area contributed by atoms with Crippen LogP contribution in [0.1, 0.15) is 39.0 Å². The summed E-state index contributed by atoms with van der Waals surface area (Å²) in [4.78, 5) is 0. The van der Waals surface area contributed by atoms with Crippen LogP contribution in [-0.2, 0) is 6.54 Å². The van der Waals surface area contributed by atoms with E-state index in [0.29, 0.717) is 0 Å². The summed E-state index contributed by atoms with van der Waals surface area (Å²) in [5.41, 5.74) is 0.601. The molecule has 3 heteroatoms. The number of nitriles is 1. The molecule has 1 aromatic rings. The van der Waals surface area contributed by atoms with Crippen molar-refractivity contribution in [1.29, 1.82) is 5.26 Å². The van der Waals surface area contributed by atoms with E-state index >= 15 is 0 Å². The summed E-state index contributed by atoms with van der Waals surface area (Å²) >= 11 is 0. The van der Waals surface area contributed by atoms with Crippen LogP contribution in [0.3, 0.4) is 0 Å². The van der Waals surface area contributed by atoms with Gasteiger partial charge in [-0.2, -0.15) is 5.26 Å². The lowest BCUT2D eigenvalue weighted by atomic mass is 9.91. The van der Waals surface area contributed by atoms with Gasteiger partial charge < -0.3 is 9.67 Å². The van der Waals surface area contributed by atoms with E-state index in [-0.39, 0.29) is 5.41 Å². The number of aliphatic hydroxyl groups is 1. The lowest BCUT2D eigenvalue weighted by molar-refractivity contribution is 0.188. The fourth-order valence-corrected chi connectivity index (χ4v) is 1.47. The van der Waals surface area contributed by atoms with Crippen molar-refractivity contribution in [2.75, 3.05) is 0 Å². The van der Waals surface area contributed by atoms with Crippen molar-refractivity contribution in [2.45, 2.75) is 39.8 Å². The van der Waals surface area contributed by atoms with E-state index in [4.69, 9.17) is 5.26 Å². The van der Waals surface area contributed by atoms with Gasteiger partial charge in [0.2, 0.25) is 0 Å². The standard InChI is InChI=1S/C12H18N2O/c1-10(15)11-5-4-7-14(11)8-6-12(2,3)9-13/h4-5,7,10,15H,6,8H2,1-3H3. The molecule has 0 amide bonds. The van der Waals surface area contributed by atoms with Crippen LogP contribution in [0.5, 0.6) is 0 Å². The van der Waals surface area contributed by atoms with Crippen LogP contribution in [0.25, 0.3) is 0 Å². The Morgan fingerprint density at radius 2 is 2.27 bits per heavy atom. The van der Waals surface area contributed by atoms with Gasteiger partial charge in [-0.05, 0) is 39.3 Å². The minimum absolute atomic E-state index is 0.305. The van der Waals surface area contributed by atoms with Crippen molar-refractivity contribution in [1.82, 2.24) is 4.57 Å². The molecule has 1 heterocycles. The first-order valence-corrected chi connectivity index (χ1v) is 5.20. The molecule has 1 rings (SSSR count). The highest BCUT2D eigenvalue weighted by molar-refractivity contribution is 5.09. The molecule has 1 N–H and O–H groups in total. The Hall–Kier alpha value is -1.27. The SMILES string of the molecule is CC(O)c1cccn1CCC(C)(C)C#N. The molecule has 0 aliphatic rings. The summed E-state index contributed by atoms with van der Waals surface area (Å²) in [5.74, 6) is 0. The Kier molecular flexibility index (Phi) is 3.54. The molecule has 0 radical (unpaired) electrons. The molecule has 1 unspecified atom stereocenters. The molecular weight excluding hydrogens is 188 g/mol. The highest BCUT2D eigenvalue weighted by Gasteiger charge is 2.17. The topological polar surface area (TPSA) is 49.0 Å². The van der Waals surface area contributed by atoms with Crippen LogP contribution in [-0.4, -0.2) is 9.67 Å². The van der Waals surface area contributed by atoms with Gasteiger partial charge in [0.25, 0.3) is 0 Å². The van der Waals surface area contributed by atoms with Gasteiger partial charge in [0, 0.05) is 18.4 Å². The first kappa shape index (κ1) is 11.8. The van der Waals surface area contributed by atoms with E-state index in [0.717, 1.165) is 18.7 Å². The summed E-state index contributed by atoms with van der Waals surface area (Å²) in [5, 5.41) is 18.4. The molecule has 1 aromatic heterocycles. The van der Waals surface area contributed by atoms with Crippen LogP contribution < -0.4 is 0 Å². The van der Waals surface area contributed by atoms with Gasteiger partial charge in [0.15, 0.2) is 0 Å². The highest BCUT2D eigenvalue weighted by atomic mass is 16.3. The molecule has 0 aliphatic heterocycles. The maximum atomic E-state index is 9.49. The van der Waals surface area contributed by atoms with Crippen LogP contribution in [0.15, 0.2) is 18.3 Å². The second kappa shape index (κ2) is 4.50. The zero-order valence-electron chi connectivity index (χ0n) is 9.57. The molecule has 0 saturated heterocycles. The first-order valence-electron chi connectivity index (χ1n) is 5.20. The van der Waals surface area contributed by atoms with Crippen LogP contribution in [0.4, 0.5) is 0 Å². The summed E-state index contributed by atoms with van der Waals surface area (Å²) < 4.78 is 2.00. The summed E-state index contributed by atoms with van der Waals surface area (Å²) in [6, 6.07) is 6.10. The quantitative estimate of drug-likeness (QED) is 0.822. The van der Waals surface area contributed by atoms with Crippen molar-refractivity contribution < 1.29 is 5.11 Å². The third-order valence-corrected chi connectivity index (χ3v) is 2.57. The third kappa shape index (κ3) is 3.10. The number of aliphatic hydroxyl groups excluding tert-OH is 1. The largest absolute Gasteiger partial charge is 0.387 e. The normalized spacial score (nSPS) is 13.5. The predicted molar refractivity (Wildman–Crippen MR) is 59.1 cm³/mol. The molecule has 15 heavy (non-hydrogen) atoms. The first-order chi connectivity index (χ1) is 6.96. The van der Waals surface area contributed by atoms with Crippen molar-refractivity contribution in [3.63, 3.8) is 0 Å². The van der Waals surface area contributed by atoms with E-state index in [1.807, 2.05) is 36.7 Å². The van der Waals surface area contributed by atoms with Crippen molar-refractivity contribution in [3.05, 3.63) is 24.0 Å². The average Bonchev–Trinajstić information content (AvgIpc) is 2.63. The van der Waals surface area contributed by atoms with Crippen molar-refractivity contribution >= 4 is 0 Å². The van der Waals surface area contributed by atoms with Gasteiger partial charge in [0.1, 0.15) is 0 Å². The lowest BCUT2D eigenvalue weighted by Crippen LogP contribution is -2.14. The van der Waals surface area contributed by atoms with Crippen molar-refractivity contribution in [2.24, 2.45) is 5.41 Å². The number of rotatable bonds is 4. The summed E-state index contributed by atoms with van der Waals surface area (Å²) in [6.45, 7) is 6.38. The Labute approximate surface area is 91.0 Å². The van der Waals surface area contributed by atoms with Gasteiger partial charge >= 0.3 is 0 Å². The summed E-state index contributed by atoms with van der Waals surface area (Å²) in [6.07, 6.45) is 2.28. The number of nitrogens with zero attached hydrogens (tertiary/aromatic N) is 2. The molecule has 0 aromatic carbocycles. The Morgan fingerprint density at radius 3 is 2.80 bits per heavy atom. The average molecular weight is 206 g/mol. The molecule has 3 nitrogen and oxygen atoms in total. The van der Waals surface area contributed by atoms with E-state index in [1.54, 1.807) is 6.92 Å². The monoisotopic (exact) mass is 206 g/mol. The van der Waals surface area contributed by atoms with E-state index in [9.17, 15) is 5.11 Å². The Morgan fingerprint density at radius 1 is 1.60 bits per heavy atom. The molecule has 82 valence electrons. The molecule has 0 spiro atoms. The molecule has 0 bridgehead atoms. The molecule has 0 fully saturated rings. The smallest absolute Gasteiger partial charge is 0.0911 e. The predicted octanol–water partition coefficient (Wildman–Crippen LogP) is 2.48. The van der Waals surface area contributed by atoms with E-state index in [1.165, 1.54) is 0 Å². The van der Waals surface area contributed by atoms with Crippen molar-refractivity contribution in [3.8, 4) is 6.07 Å². The number of aromatic nitrogens is 1. The second-order valence-corrected chi connectivity index (χ2v) is 4.55. The zero-order chi connectivity index (χ0) is 11.5. The van der Waals surface area contributed by atoms with Gasteiger partial charge in [-0.3, -0.25) is 0 Å². The number of aryl methyl sites for hydroxylation is 1. The summed E-state index contributed by atoms with van der Waals surface area (Å²) in [7, 11) is 0. The number of hydrogen-bond donors (Lipinski definition) is 1. The Balaban J connectivity index is 2.67. The van der Waals surface area contributed by atoms with E-state index < -0.39 is 6.10 Å². The van der Waals surface area contributed by atoms with Gasteiger partial charge in [-0.15, -0.1) is 0 Å². The highest BCUT2D eigenvalue weighted by Crippen LogP contribution is 2.21. The fraction of sp³-hybridized carbons (Fsp3) is 0.583. The molecule has 0 aliphatic carbocycles. The van der Waals surface area contributed by atoms with Crippen LogP contribution >= 0.6 is 0 Å². The number of hydrogen-bond acceptors (Lipinski definition) is 2. The molecular formula is C12H18N2O.